The lowest BCUT2D eigenvalue weighted by Gasteiger charge is -2.12. The highest BCUT2D eigenvalue weighted by Crippen LogP contribution is 2.37. The van der Waals surface area contributed by atoms with Crippen molar-refractivity contribution in [2.75, 3.05) is 21.3 Å². The van der Waals surface area contributed by atoms with Gasteiger partial charge in [-0.2, -0.15) is 5.10 Å². The second kappa shape index (κ2) is 10.1. The summed E-state index contributed by atoms with van der Waals surface area (Å²) in [5, 5.41) is 12.0. The summed E-state index contributed by atoms with van der Waals surface area (Å²) in [6.07, 6.45) is 2.00. The highest BCUT2D eigenvalue weighted by atomic mass is 35.5. The average molecular weight is 468 g/mol. The predicted octanol–water partition coefficient (Wildman–Crippen LogP) is 4.18. The Labute approximate surface area is 188 Å². The monoisotopic (exact) mass is 467 g/mol. The predicted molar refractivity (Wildman–Crippen MR) is 121 cm³/mol. The molecule has 2 aromatic rings. The highest BCUT2D eigenvalue weighted by Gasteiger charge is 2.31. The third-order valence-corrected chi connectivity index (χ3v) is 5.90. The van der Waals surface area contributed by atoms with Crippen LogP contribution in [0.25, 0.3) is 0 Å². The summed E-state index contributed by atoms with van der Waals surface area (Å²) in [6.45, 7) is 0. The molecule has 2 aromatic carbocycles. The van der Waals surface area contributed by atoms with Crippen molar-refractivity contribution in [2.24, 2.45) is 10.2 Å². The molecule has 1 amide bonds. The molecule has 0 bridgehead atoms. The van der Waals surface area contributed by atoms with E-state index < -0.39 is 0 Å². The third-order valence-electron chi connectivity index (χ3n) is 4.24. The summed E-state index contributed by atoms with van der Waals surface area (Å²) in [5.74, 6) is 1.36. The molecule has 0 aliphatic carbocycles. The fraction of sp³-hybridized carbons (Fsp3) is 0.250. The van der Waals surface area contributed by atoms with Crippen LogP contribution in [0.1, 0.15) is 11.1 Å². The minimum atomic E-state index is -0.348. The number of nitrogens with one attached hydrogen (secondary N) is 1. The first-order chi connectivity index (χ1) is 14.4. The van der Waals surface area contributed by atoms with Gasteiger partial charge in [0, 0.05) is 15.6 Å². The van der Waals surface area contributed by atoms with Crippen LogP contribution in [-0.4, -0.2) is 43.9 Å². The summed E-state index contributed by atoms with van der Waals surface area (Å²) in [6, 6.07) is 8.72. The van der Waals surface area contributed by atoms with Crippen molar-refractivity contribution in [3.8, 4) is 17.2 Å². The molecule has 0 saturated carbocycles. The van der Waals surface area contributed by atoms with E-state index >= 15 is 0 Å². The van der Waals surface area contributed by atoms with Crippen molar-refractivity contribution < 1.29 is 19.0 Å². The maximum absolute atomic E-state index is 12.3. The van der Waals surface area contributed by atoms with E-state index in [4.69, 9.17) is 37.4 Å². The first kappa shape index (κ1) is 22.3. The molecular weight excluding hydrogens is 449 g/mol. The minimum absolute atomic E-state index is 0.146. The molecule has 1 aliphatic rings. The van der Waals surface area contributed by atoms with Crippen LogP contribution < -0.4 is 19.5 Å². The third kappa shape index (κ3) is 5.19. The van der Waals surface area contributed by atoms with Crippen LogP contribution in [0.5, 0.6) is 17.2 Å². The quantitative estimate of drug-likeness (QED) is 0.487. The van der Waals surface area contributed by atoms with E-state index in [1.165, 1.54) is 39.3 Å². The number of nitrogens with zero attached hydrogens (tertiary/aromatic N) is 2. The average Bonchev–Trinajstić information content (AvgIpc) is 3.08. The first-order valence-corrected chi connectivity index (χ1v) is 10.4. The molecule has 158 valence electrons. The van der Waals surface area contributed by atoms with E-state index in [2.05, 4.69) is 15.5 Å². The smallest absolute Gasteiger partial charge is 0.239 e. The van der Waals surface area contributed by atoms with E-state index in [-0.39, 0.29) is 11.2 Å². The number of rotatable bonds is 7. The Morgan fingerprint density at radius 2 is 1.80 bits per heavy atom. The molecule has 3 rings (SSSR count). The summed E-state index contributed by atoms with van der Waals surface area (Å²) in [7, 11) is 4.61. The van der Waals surface area contributed by atoms with Gasteiger partial charge in [-0.1, -0.05) is 41.0 Å². The molecule has 7 nitrogen and oxygen atoms in total. The number of carbonyl (C=O) groups is 1. The molecule has 1 unspecified atom stereocenters. The molecule has 0 spiro atoms. The number of hydrogen-bond acceptors (Lipinski definition) is 7. The van der Waals surface area contributed by atoms with Crippen LogP contribution in [-0.2, 0) is 11.2 Å². The summed E-state index contributed by atoms with van der Waals surface area (Å²) >= 11 is 13.4. The molecule has 1 atom stereocenters. The Morgan fingerprint density at radius 1 is 1.10 bits per heavy atom. The van der Waals surface area contributed by atoms with Gasteiger partial charge < -0.3 is 19.5 Å². The Hall–Kier alpha value is -2.42. The lowest BCUT2D eigenvalue weighted by Crippen LogP contribution is -2.26. The van der Waals surface area contributed by atoms with E-state index in [1.807, 2.05) is 6.07 Å². The number of carbonyl (C=O) groups excluding carboxylic acids is 1. The van der Waals surface area contributed by atoms with Crippen LogP contribution in [0, 0.1) is 0 Å². The van der Waals surface area contributed by atoms with Crippen LogP contribution in [0.4, 0.5) is 0 Å². The fourth-order valence-electron chi connectivity index (χ4n) is 2.80. The van der Waals surface area contributed by atoms with Crippen molar-refractivity contribution in [3.63, 3.8) is 0 Å². The van der Waals surface area contributed by atoms with Crippen molar-refractivity contribution in [3.05, 3.63) is 51.5 Å². The van der Waals surface area contributed by atoms with Gasteiger partial charge in [-0.25, -0.2) is 0 Å². The molecule has 1 heterocycles. The Bertz CT molecular complexity index is 989. The van der Waals surface area contributed by atoms with Gasteiger partial charge in [0.1, 0.15) is 0 Å². The van der Waals surface area contributed by atoms with Gasteiger partial charge >= 0.3 is 0 Å². The fourth-order valence-corrected chi connectivity index (χ4v) is 4.24. The molecule has 10 heteroatoms. The van der Waals surface area contributed by atoms with Gasteiger partial charge in [0.05, 0.1) is 32.8 Å². The number of methoxy groups -OCH3 is 3. The Morgan fingerprint density at radius 3 is 2.40 bits per heavy atom. The molecule has 30 heavy (non-hydrogen) atoms. The Balaban J connectivity index is 1.71. The van der Waals surface area contributed by atoms with Crippen molar-refractivity contribution in [2.45, 2.75) is 11.7 Å². The zero-order chi connectivity index (χ0) is 21.7. The standard InChI is InChI=1S/C20H19Cl2N3O4S/c1-27-15-6-11(7-16(28-2)18(15)29-3)10-23-25-20-24-19(26)17(30-20)8-12-4-5-13(21)9-14(12)22/h4-7,9-10,17H,8H2,1-3H3,(H,24,25,26). The first-order valence-electron chi connectivity index (χ1n) is 8.77. The number of thioether (sulfide) groups is 1. The number of amidine groups is 1. The number of halogens is 2. The van der Waals surface area contributed by atoms with Gasteiger partial charge in [0.25, 0.3) is 0 Å². The number of amides is 1. The largest absolute Gasteiger partial charge is 0.493 e. The van der Waals surface area contributed by atoms with Gasteiger partial charge in [-0.3, -0.25) is 4.79 Å². The summed E-state index contributed by atoms with van der Waals surface area (Å²) < 4.78 is 15.9. The van der Waals surface area contributed by atoms with Crippen molar-refractivity contribution in [1.82, 2.24) is 5.32 Å². The van der Waals surface area contributed by atoms with Crippen molar-refractivity contribution in [1.29, 1.82) is 0 Å². The maximum Gasteiger partial charge on any atom is 0.239 e. The molecule has 0 radical (unpaired) electrons. The van der Waals surface area contributed by atoms with Crippen LogP contribution in [0.3, 0.4) is 0 Å². The minimum Gasteiger partial charge on any atom is -0.493 e. The van der Waals surface area contributed by atoms with Crippen LogP contribution in [0.15, 0.2) is 40.5 Å². The molecule has 1 aliphatic heterocycles. The second-order valence-corrected chi connectivity index (χ2v) is 8.18. The zero-order valence-corrected chi connectivity index (χ0v) is 18.8. The highest BCUT2D eigenvalue weighted by molar-refractivity contribution is 8.15. The van der Waals surface area contributed by atoms with E-state index in [1.54, 1.807) is 24.3 Å². The number of hydrogen-bond donors (Lipinski definition) is 1. The van der Waals surface area contributed by atoms with Gasteiger partial charge in [0.15, 0.2) is 16.7 Å². The van der Waals surface area contributed by atoms with Gasteiger partial charge in [-0.05, 0) is 36.2 Å². The van der Waals surface area contributed by atoms with Gasteiger partial charge in [-0.15, -0.1) is 5.10 Å². The lowest BCUT2D eigenvalue weighted by atomic mass is 10.1. The molecule has 1 saturated heterocycles. The molecule has 0 aromatic heterocycles. The van der Waals surface area contributed by atoms with E-state index in [0.717, 1.165) is 5.56 Å². The SMILES string of the molecule is COc1cc(C=N/N=C2/NC(=O)C(Cc3ccc(Cl)cc3Cl)S2)cc(OC)c1OC. The number of ether oxygens (including phenoxy) is 3. The van der Waals surface area contributed by atoms with E-state index in [9.17, 15) is 4.79 Å². The van der Waals surface area contributed by atoms with Crippen LogP contribution >= 0.6 is 35.0 Å². The zero-order valence-electron chi connectivity index (χ0n) is 16.4. The van der Waals surface area contributed by atoms with E-state index in [0.29, 0.717) is 44.4 Å². The summed E-state index contributed by atoms with van der Waals surface area (Å²) in [4.78, 5) is 12.3. The number of benzene rings is 2. The lowest BCUT2D eigenvalue weighted by molar-refractivity contribution is -0.118. The molecule has 1 fully saturated rings. The van der Waals surface area contributed by atoms with Crippen molar-refractivity contribution >= 4 is 52.3 Å². The topological polar surface area (TPSA) is 81.5 Å². The maximum atomic E-state index is 12.3. The Kier molecular flexibility index (Phi) is 7.47. The van der Waals surface area contributed by atoms with Crippen LogP contribution in [0.2, 0.25) is 10.0 Å². The van der Waals surface area contributed by atoms with Gasteiger partial charge in [0.2, 0.25) is 11.7 Å². The molecular formula is C20H19Cl2N3O4S. The summed E-state index contributed by atoms with van der Waals surface area (Å²) in [5.41, 5.74) is 1.54. The normalized spacial score (nSPS) is 17.4. The molecule has 1 N–H and O–H groups in total. The second-order valence-electron chi connectivity index (χ2n) is 6.14.